The van der Waals surface area contributed by atoms with Gasteiger partial charge in [-0.15, -0.1) is 0 Å². The van der Waals surface area contributed by atoms with Crippen LogP contribution in [0.25, 0.3) is 0 Å². The van der Waals surface area contributed by atoms with Crippen molar-refractivity contribution in [3.05, 3.63) is 35.1 Å². The lowest BCUT2D eigenvalue weighted by Gasteiger charge is -2.34. The van der Waals surface area contributed by atoms with Gasteiger partial charge in [-0.1, -0.05) is 13.0 Å². The van der Waals surface area contributed by atoms with Gasteiger partial charge < -0.3 is 5.32 Å². The van der Waals surface area contributed by atoms with E-state index in [1.165, 1.54) is 6.07 Å². The summed E-state index contributed by atoms with van der Waals surface area (Å²) in [7, 11) is 0. The maximum absolute atomic E-state index is 13.3. The van der Waals surface area contributed by atoms with E-state index >= 15 is 0 Å². The molecule has 1 fully saturated rings. The first kappa shape index (κ1) is 13.0. The zero-order valence-electron chi connectivity index (χ0n) is 10.6. The fourth-order valence-corrected chi connectivity index (χ4v) is 2.53. The molecule has 0 aliphatic carbocycles. The predicted octanol–water partition coefficient (Wildman–Crippen LogP) is 2.05. The van der Waals surface area contributed by atoms with E-state index in [9.17, 15) is 4.39 Å². The molecule has 1 saturated heterocycles. The smallest absolute Gasteiger partial charge is 0.140 e. The second-order valence-electron chi connectivity index (χ2n) is 4.56. The number of nitriles is 1. The summed E-state index contributed by atoms with van der Waals surface area (Å²) in [5.74, 6) is -0.434. The number of rotatable bonds is 3. The van der Waals surface area contributed by atoms with Gasteiger partial charge >= 0.3 is 0 Å². The summed E-state index contributed by atoms with van der Waals surface area (Å²) in [6, 6.07) is 7.07. The van der Waals surface area contributed by atoms with E-state index in [1.807, 2.05) is 6.07 Å². The molecule has 0 saturated carbocycles. The van der Waals surface area contributed by atoms with Crippen molar-refractivity contribution in [2.75, 3.05) is 26.2 Å². The van der Waals surface area contributed by atoms with Crippen molar-refractivity contribution in [2.45, 2.75) is 19.4 Å². The van der Waals surface area contributed by atoms with Crippen LogP contribution in [0.15, 0.2) is 18.2 Å². The largest absolute Gasteiger partial charge is 0.314 e. The van der Waals surface area contributed by atoms with Gasteiger partial charge in [0.2, 0.25) is 0 Å². The minimum atomic E-state index is -0.434. The van der Waals surface area contributed by atoms with Crippen LogP contribution in [0.3, 0.4) is 0 Å². The molecule has 1 aromatic carbocycles. The first-order chi connectivity index (χ1) is 8.76. The molecule has 0 unspecified atom stereocenters. The third-order valence-corrected chi connectivity index (χ3v) is 3.47. The summed E-state index contributed by atoms with van der Waals surface area (Å²) in [4.78, 5) is 2.39. The molecule has 4 heteroatoms. The summed E-state index contributed by atoms with van der Waals surface area (Å²) in [5, 5.41) is 12.2. The zero-order chi connectivity index (χ0) is 13.0. The molecule has 1 atom stereocenters. The fourth-order valence-electron chi connectivity index (χ4n) is 2.53. The minimum Gasteiger partial charge on any atom is -0.314 e. The number of hydrogen-bond acceptors (Lipinski definition) is 3. The van der Waals surface area contributed by atoms with Crippen LogP contribution in [-0.4, -0.2) is 31.1 Å². The molecule has 1 heterocycles. The number of hydrogen-bond donors (Lipinski definition) is 1. The maximum Gasteiger partial charge on any atom is 0.140 e. The van der Waals surface area contributed by atoms with E-state index in [0.29, 0.717) is 0 Å². The normalized spacial score (nSPS) is 18.3. The molecule has 0 spiro atoms. The zero-order valence-corrected chi connectivity index (χ0v) is 10.6. The van der Waals surface area contributed by atoms with E-state index in [2.05, 4.69) is 17.1 Å². The van der Waals surface area contributed by atoms with Crippen molar-refractivity contribution >= 4 is 0 Å². The van der Waals surface area contributed by atoms with Gasteiger partial charge in [-0.3, -0.25) is 4.90 Å². The van der Waals surface area contributed by atoms with Crippen LogP contribution in [0.2, 0.25) is 0 Å². The lowest BCUT2D eigenvalue weighted by molar-refractivity contribution is 0.169. The Bertz CT molecular complexity index is 447. The van der Waals surface area contributed by atoms with Gasteiger partial charge in [-0.05, 0) is 24.1 Å². The van der Waals surface area contributed by atoms with Crippen LogP contribution >= 0.6 is 0 Å². The minimum absolute atomic E-state index is 0.140. The molecule has 2 rings (SSSR count). The number of piperazine rings is 1. The topological polar surface area (TPSA) is 39.1 Å². The maximum atomic E-state index is 13.3. The SMILES string of the molecule is CC[C@H](c1ccc(F)c(C#N)c1)N1CCNCC1. The molecule has 1 aromatic rings. The molecule has 96 valence electrons. The van der Waals surface area contributed by atoms with E-state index in [0.717, 1.165) is 38.2 Å². The Morgan fingerprint density at radius 2 is 2.17 bits per heavy atom. The first-order valence-corrected chi connectivity index (χ1v) is 6.40. The number of nitrogens with zero attached hydrogens (tertiary/aromatic N) is 2. The molecule has 3 nitrogen and oxygen atoms in total. The second-order valence-corrected chi connectivity index (χ2v) is 4.56. The summed E-state index contributed by atoms with van der Waals surface area (Å²) in [6.07, 6.45) is 0.969. The highest BCUT2D eigenvalue weighted by molar-refractivity contribution is 5.35. The molecule has 1 aliphatic heterocycles. The number of benzene rings is 1. The monoisotopic (exact) mass is 247 g/mol. The number of halogens is 1. The average molecular weight is 247 g/mol. The molecule has 18 heavy (non-hydrogen) atoms. The van der Waals surface area contributed by atoms with Gasteiger partial charge in [0.25, 0.3) is 0 Å². The highest BCUT2D eigenvalue weighted by Crippen LogP contribution is 2.25. The Morgan fingerprint density at radius 1 is 1.44 bits per heavy atom. The molecule has 1 aliphatic rings. The molecule has 0 bridgehead atoms. The van der Waals surface area contributed by atoms with Crippen molar-refractivity contribution < 1.29 is 4.39 Å². The van der Waals surface area contributed by atoms with Gasteiger partial charge in [0, 0.05) is 32.2 Å². The molecular formula is C14H18FN3. The summed E-state index contributed by atoms with van der Waals surface area (Å²) < 4.78 is 13.3. The van der Waals surface area contributed by atoms with Crippen LogP contribution in [0.4, 0.5) is 4.39 Å². The number of nitrogens with one attached hydrogen (secondary N) is 1. The van der Waals surface area contributed by atoms with Crippen LogP contribution in [0.1, 0.15) is 30.5 Å². The Labute approximate surface area is 107 Å². The van der Waals surface area contributed by atoms with Crippen LogP contribution in [0.5, 0.6) is 0 Å². The van der Waals surface area contributed by atoms with Crippen molar-refractivity contribution in [3.8, 4) is 6.07 Å². The Hall–Kier alpha value is -1.44. The lowest BCUT2D eigenvalue weighted by Crippen LogP contribution is -2.45. The standard InChI is InChI=1S/C14H18FN3/c1-2-14(18-7-5-17-6-8-18)11-3-4-13(15)12(9-11)10-16/h3-4,9,14,17H,2,5-8H2,1H3/t14-/m1/s1. The van der Waals surface area contributed by atoms with Crippen LogP contribution in [-0.2, 0) is 0 Å². The van der Waals surface area contributed by atoms with Gasteiger partial charge in [-0.25, -0.2) is 4.39 Å². The van der Waals surface area contributed by atoms with Gasteiger partial charge in [-0.2, -0.15) is 5.26 Å². The van der Waals surface area contributed by atoms with Crippen LogP contribution in [0, 0.1) is 17.1 Å². The summed E-state index contributed by atoms with van der Waals surface area (Å²) >= 11 is 0. The fraction of sp³-hybridized carbons (Fsp3) is 0.500. The van der Waals surface area contributed by atoms with Gasteiger partial charge in [0.1, 0.15) is 11.9 Å². The van der Waals surface area contributed by atoms with Crippen LogP contribution < -0.4 is 5.32 Å². The average Bonchev–Trinajstić information content (AvgIpc) is 2.42. The highest BCUT2D eigenvalue weighted by Gasteiger charge is 2.21. The van der Waals surface area contributed by atoms with Gasteiger partial charge in [0.15, 0.2) is 0 Å². The molecule has 1 N–H and O–H groups in total. The van der Waals surface area contributed by atoms with E-state index in [4.69, 9.17) is 5.26 Å². The predicted molar refractivity (Wildman–Crippen MR) is 68.6 cm³/mol. The molecule has 0 amide bonds. The van der Waals surface area contributed by atoms with Crippen molar-refractivity contribution in [3.63, 3.8) is 0 Å². The van der Waals surface area contributed by atoms with Crippen molar-refractivity contribution in [2.24, 2.45) is 0 Å². The summed E-state index contributed by atoms with van der Waals surface area (Å²) in [5.41, 5.74) is 1.18. The lowest BCUT2D eigenvalue weighted by atomic mass is 10.00. The third-order valence-electron chi connectivity index (χ3n) is 3.47. The van der Waals surface area contributed by atoms with E-state index in [1.54, 1.807) is 12.1 Å². The van der Waals surface area contributed by atoms with E-state index < -0.39 is 5.82 Å². The van der Waals surface area contributed by atoms with E-state index in [-0.39, 0.29) is 11.6 Å². The van der Waals surface area contributed by atoms with Crippen molar-refractivity contribution in [1.82, 2.24) is 10.2 Å². The molecular weight excluding hydrogens is 229 g/mol. The quantitative estimate of drug-likeness (QED) is 0.888. The first-order valence-electron chi connectivity index (χ1n) is 6.40. The Kier molecular flexibility index (Phi) is 4.29. The van der Waals surface area contributed by atoms with Crippen molar-refractivity contribution in [1.29, 1.82) is 5.26 Å². The Morgan fingerprint density at radius 3 is 2.78 bits per heavy atom. The second kappa shape index (κ2) is 5.94. The molecule has 0 radical (unpaired) electrons. The third kappa shape index (κ3) is 2.69. The highest BCUT2D eigenvalue weighted by atomic mass is 19.1. The van der Waals surface area contributed by atoms with Gasteiger partial charge in [0.05, 0.1) is 5.56 Å². The Balaban J connectivity index is 2.24. The molecule has 0 aromatic heterocycles. The summed E-state index contributed by atoms with van der Waals surface area (Å²) in [6.45, 7) is 6.10.